The molecule has 0 aliphatic heterocycles. The molecule has 2 heterocycles. The monoisotopic (exact) mass is 506 g/mol. The van der Waals surface area contributed by atoms with Crippen molar-refractivity contribution in [1.29, 1.82) is 0 Å². The summed E-state index contributed by atoms with van der Waals surface area (Å²) < 4.78 is 9.36. The van der Waals surface area contributed by atoms with Gasteiger partial charge in [0.15, 0.2) is 0 Å². The largest absolute Gasteiger partial charge is 0.243 e. The Balaban J connectivity index is 1.73. The second-order valence-electron chi connectivity index (χ2n) is 11.0. The molecule has 0 aliphatic rings. The summed E-state index contributed by atoms with van der Waals surface area (Å²) in [7, 11) is 0. The minimum atomic E-state index is 0.0710. The molecule has 5 heteroatoms. The Kier molecular flexibility index (Phi) is 7.16. The molecule has 4 nitrogen and oxygen atoms in total. The molecule has 0 amide bonds. The van der Waals surface area contributed by atoms with Gasteiger partial charge in [-0.3, -0.25) is 0 Å². The number of allylic oxidation sites excluding steroid dienone is 1. The van der Waals surface area contributed by atoms with Crippen LogP contribution in [0.15, 0.2) is 66.7 Å². The molecule has 0 spiro atoms. The van der Waals surface area contributed by atoms with Crippen molar-refractivity contribution in [3.63, 3.8) is 0 Å². The highest BCUT2D eigenvalue weighted by molar-refractivity contribution is 7.00. The molecule has 3 aromatic carbocycles. The maximum Gasteiger partial charge on any atom is 0.114 e. The number of rotatable bonds is 8. The zero-order chi connectivity index (χ0) is 26.0. The Morgan fingerprint density at radius 1 is 0.784 bits per heavy atom. The van der Waals surface area contributed by atoms with Crippen LogP contribution in [0, 0.1) is 18.3 Å². The van der Waals surface area contributed by atoms with Crippen LogP contribution in [0.2, 0.25) is 0 Å². The lowest BCUT2D eigenvalue weighted by atomic mass is 9.85. The minimum absolute atomic E-state index is 0.0710. The van der Waals surface area contributed by atoms with Crippen molar-refractivity contribution in [1.82, 2.24) is 18.7 Å². The number of hydrogen-bond acceptors (Lipinski definition) is 5. The Hall–Kier alpha value is -3.44. The maximum atomic E-state index is 5.32. The molecule has 0 radical (unpaired) electrons. The second kappa shape index (κ2) is 10.5. The lowest BCUT2D eigenvalue weighted by Crippen LogP contribution is -2.07. The molecule has 37 heavy (non-hydrogen) atoms. The zero-order valence-electron chi connectivity index (χ0n) is 22.3. The standard InChI is InChI=1S/C32H34N4S/c1-21(2)13-12-19-32(4,5)20-18-25-30-26(22(3)27-31(25)36-37-35-27)33-28(23-14-8-6-9-15-23)29(34-30)24-16-10-7-11-17-24/h6-11,14-18,20-21H,12-13,19H2,1-5H3/b20-18+. The number of nitrogens with zero attached hydrogens (tertiary/aromatic N) is 4. The fourth-order valence-corrected chi connectivity index (χ4v) is 5.44. The van der Waals surface area contributed by atoms with Crippen LogP contribution in [-0.2, 0) is 0 Å². The van der Waals surface area contributed by atoms with Crippen LogP contribution in [0.25, 0.3) is 50.7 Å². The van der Waals surface area contributed by atoms with Gasteiger partial charge in [0.1, 0.15) is 11.0 Å². The minimum Gasteiger partial charge on any atom is -0.243 e. The molecular formula is C32H34N4S. The fraction of sp³-hybridized carbons (Fsp3) is 0.312. The molecule has 0 aliphatic carbocycles. The van der Waals surface area contributed by atoms with Crippen LogP contribution in [0.4, 0.5) is 0 Å². The Labute approximate surface area is 223 Å². The van der Waals surface area contributed by atoms with Crippen LogP contribution >= 0.6 is 11.7 Å². The highest BCUT2D eigenvalue weighted by Gasteiger charge is 2.21. The van der Waals surface area contributed by atoms with Gasteiger partial charge < -0.3 is 0 Å². The van der Waals surface area contributed by atoms with Crippen LogP contribution in [0.5, 0.6) is 0 Å². The van der Waals surface area contributed by atoms with E-state index < -0.39 is 0 Å². The van der Waals surface area contributed by atoms with Crippen molar-refractivity contribution < 1.29 is 0 Å². The Bertz CT molecular complexity index is 1550. The van der Waals surface area contributed by atoms with Gasteiger partial charge in [-0.1, -0.05) is 113 Å². The first-order valence-corrected chi connectivity index (χ1v) is 13.8. The quantitative estimate of drug-likeness (QED) is 0.210. The molecule has 2 aromatic heterocycles. The summed E-state index contributed by atoms with van der Waals surface area (Å²) in [5, 5.41) is 0. The van der Waals surface area contributed by atoms with Crippen LogP contribution in [0.1, 0.15) is 58.1 Å². The number of benzene rings is 3. The first-order chi connectivity index (χ1) is 17.8. The molecular weight excluding hydrogens is 472 g/mol. The van der Waals surface area contributed by atoms with Gasteiger partial charge in [0.05, 0.1) is 34.1 Å². The van der Waals surface area contributed by atoms with Gasteiger partial charge in [-0.2, -0.15) is 8.75 Å². The highest BCUT2D eigenvalue weighted by atomic mass is 32.1. The van der Waals surface area contributed by atoms with Crippen molar-refractivity contribution >= 4 is 39.9 Å². The third kappa shape index (κ3) is 5.33. The van der Waals surface area contributed by atoms with Gasteiger partial charge in [0.25, 0.3) is 0 Å². The van der Waals surface area contributed by atoms with Crippen molar-refractivity contribution in [2.45, 2.75) is 53.9 Å². The molecule has 0 N–H and O–H groups in total. The van der Waals surface area contributed by atoms with E-state index in [2.05, 4.69) is 87.5 Å². The number of aromatic nitrogens is 4. The number of fused-ring (bicyclic) bond motifs is 2. The molecule has 0 saturated carbocycles. The van der Waals surface area contributed by atoms with E-state index in [4.69, 9.17) is 14.3 Å². The van der Waals surface area contributed by atoms with Crippen molar-refractivity contribution in [3.8, 4) is 22.5 Å². The summed E-state index contributed by atoms with van der Waals surface area (Å²) in [5.74, 6) is 0.729. The SMILES string of the molecule is Cc1c2nsnc2c(/C=C/C(C)(C)CCCC(C)C)c2nc(-c3ccccc3)c(-c3ccccc3)nc12. The average Bonchev–Trinajstić information content (AvgIpc) is 3.39. The molecule has 0 atom stereocenters. The molecule has 0 bridgehead atoms. The van der Waals surface area contributed by atoms with Gasteiger partial charge in [-0.25, -0.2) is 9.97 Å². The van der Waals surface area contributed by atoms with Gasteiger partial charge in [-0.05, 0) is 24.7 Å². The Morgan fingerprint density at radius 2 is 1.35 bits per heavy atom. The van der Waals surface area contributed by atoms with Gasteiger partial charge >= 0.3 is 0 Å². The predicted molar refractivity (Wildman–Crippen MR) is 158 cm³/mol. The van der Waals surface area contributed by atoms with Crippen LogP contribution < -0.4 is 0 Å². The van der Waals surface area contributed by atoms with E-state index in [1.807, 2.05) is 24.3 Å². The third-order valence-electron chi connectivity index (χ3n) is 7.00. The lowest BCUT2D eigenvalue weighted by molar-refractivity contribution is 0.395. The maximum absolute atomic E-state index is 5.32. The number of hydrogen-bond donors (Lipinski definition) is 0. The first-order valence-electron chi connectivity index (χ1n) is 13.1. The molecule has 188 valence electrons. The van der Waals surface area contributed by atoms with Crippen LogP contribution in [-0.4, -0.2) is 18.7 Å². The smallest absolute Gasteiger partial charge is 0.114 e. The van der Waals surface area contributed by atoms with Crippen molar-refractivity contribution in [2.75, 3.05) is 0 Å². The highest BCUT2D eigenvalue weighted by Crippen LogP contribution is 2.37. The lowest BCUT2D eigenvalue weighted by Gasteiger charge is -2.21. The summed E-state index contributed by atoms with van der Waals surface area (Å²) in [5.41, 5.74) is 9.55. The summed E-state index contributed by atoms with van der Waals surface area (Å²) in [6, 6.07) is 20.7. The van der Waals surface area contributed by atoms with E-state index in [1.165, 1.54) is 24.6 Å². The molecule has 5 aromatic rings. The van der Waals surface area contributed by atoms with E-state index in [1.54, 1.807) is 0 Å². The summed E-state index contributed by atoms with van der Waals surface area (Å²) >= 11 is 1.25. The van der Waals surface area contributed by atoms with Crippen LogP contribution in [0.3, 0.4) is 0 Å². The summed E-state index contributed by atoms with van der Waals surface area (Å²) in [4.78, 5) is 10.6. The number of aryl methyl sites for hydroxylation is 1. The second-order valence-corrected chi connectivity index (χ2v) is 11.5. The summed E-state index contributed by atoms with van der Waals surface area (Å²) in [6.07, 6.45) is 8.15. The zero-order valence-corrected chi connectivity index (χ0v) is 23.1. The normalized spacial score (nSPS) is 12.4. The molecule has 0 saturated heterocycles. The van der Waals surface area contributed by atoms with Gasteiger partial charge in [0, 0.05) is 22.3 Å². The predicted octanol–water partition coefficient (Wildman–Crippen LogP) is 9.14. The molecule has 5 rings (SSSR count). The van der Waals surface area contributed by atoms with Crippen molar-refractivity contribution in [2.24, 2.45) is 11.3 Å². The van der Waals surface area contributed by atoms with Gasteiger partial charge in [-0.15, -0.1) is 0 Å². The van der Waals surface area contributed by atoms with E-state index in [0.717, 1.165) is 68.0 Å². The van der Waals surface area contributed by atoms with E-state index >= 15 is 0 Å². The average molecular weight is 507 g/mol. The van der Waals surface area contributed by atoms with E-state index in [-0.39, 0.29) is 5.41 Å². The van der Waals surface area contributed by atoms with E-state index in [9.17, 15) is 0 Å². The fourth-order valence-electron chi connectivity index (χ4n) is 4.83. The molecule has 0 unspecified atom stereocenters. The van der Waals surface area contributed by atoms with Gasteiger partial charge in [0.2, 0.25) is 0 Å². The first kappa shape index (κ1) is 25.2. The topological polar surface area (TPSA) is 51.6 Å². The Morgan fingerprint density at radius 3 is 1.95 bits per heavy atom. The molecule has 0 fully saturated rings. The third-order valence-corrected chi connectivity index (χ3v) is 7.53. The summed E-state index contributed by atoms with van der Waals surface area (Å²) in [6.45, 7) is 11.3. The van der Waals surface area contributed by atoms with Crippen molar-refractivity contribution in [3.05, 3.63) is 77.9 Å². The van der Waals surface area contributed by atoms with E-state index in [0.29, 0.717) is 0 Å².